The van der Waals surface area contributed by atoms with Gasteiger partial charge < -0.3 is 5.11 Å². The lowest BCUT2D eigenvalue weighted by atomic mass is 10.2. The predicted octanol–water partition coefficient (Wildman–Crippen LogP) is 4.05. The SMILES string of the molecule is O=S(=O)(Nc1ccc(Cl)c(Br)c1)c1cc(CO)ccc1Cl. The monoisotopic (exact) mass is 409 g/mol. The molecular weight excluding hydrogens is 401 g/mol. The van der Waals surface area contributed by atoms with Crippen LogP contribution >= 0.6 is 39.1 Å². The van der Waals surface area contributed by atoms with E-state index in [-0.39, 0.29) is 16.5 Å². The van der Waals surface area contributed by atoms with Gasteiger partial charge in [0, 0.05) is 4.47 Å². The van der Waals surface area contributed by atoms with Gasteiger partial charge in [-0.1, -0.05) is 29.3 Å². The predicted molar refractivity (Wildman–Crippen MR) is 87.3 cm³/mol. The number of hydrogen-bond donors (Lipinski definition) is 2. The van der Waals surface area contributed by atoms with Gasteiger partial charge in [-0.15, -0.1) is 0 Å². The van der Waals surface area contributed by atoms with Crippen LogP contribution in [-0.4, -0.2) is 13.5 Å². The summed E-state index contributed by atoms with van der Waals surface area (Å²) in [5.41, 5.74) is 0.800. The normalized spacial score (nSPS) is 11.4. The van der Waals surface area contributed by atoms with Crippen LogP contribution in [0.5, 0.6) is 0 Å². The molecule has 8 heteroatoms. The lowest BCUT2D eigenvalue weighted by molar-refractivity contribution is 0.281. The van der Waals surface area contributed by atoms with Crippen LogP contribution in [0.15, 0.2) is 45.8 Å². The Balaban J connectivity index is 2.40. The summed E-state index contributed by atoms with van der Waals surface area (Å²) in [6.07, 6.45) is 0. The highest BCUT2D eigenvalue weighted by Crippen LogP contribution is 2.29. The van der Waals surface area contributed by atoms with E-state index in [0.29, 0.717) is 20.7 Å². The third-order valence-electron chi connectivity index (χ3n) is 2.64. The van der Waals surface area contributed by atoms with Gasteiger partial charge in [0.05, 0.1) is 22.3 Å². The van der Waals surface area contributed by atoms with Crippen LogP contribution < -0.4 is 4.72 Å². The molecule has 0 amide bonds. The molecule has 0 bridgehead atoms. The Morgan fingerprint density at radius 2 is 1.76 bits per heavy atom. The molecule has 0 aliphatic heterocycles. The zero-order valence-electron chi connectivity index (χ0n) is 10.5. The number of aliphatic hydroxyl groups is 1. The highest BCUT2D eigenvalue weighted by Gasteiger charge is 2.19. The summed E-state index contributed by atoms with van der Waals surface area (Å²) in [7, 11) is -3.86. The molecule has 4 nitrogen and oxygen atoms in total. The van der Waals surface area contributed by atoms with Crippen molar-refractivity contribution in [3.05, 3.63) is 56.5 Å². The molecular formula is C13H10BrCl2NO3S. The minimum Gasteiger partial charge on any atom is -0.392 e. The first-order chi connectivity index (χ1) is 9.83. The summed E-state index contributed by atoms with van der Waals surface area (Å²) in [6, 6.07) is 8.96. The highest BCUT2D eigenvalue weighted by molar-refractivity contribution is 9.10. The molecule has 0 fully saturated rings. The van der Waals surface area contributed by atoms with E-state index in [4.69, 9.17) is 28.3 Å². The van der Waals surface area contributed by atoms with Gasteiger partial charge >= 0.3 is 0 Å². The molecule has 112 valence electrons. The Morgan fingerprint density at radius 1 is 1.10 bits per heavy atom. The first-order valence-electron chi connectivity index (χ1n) is 5.70. The second-order valence-corrected chi connectivity index (χ2v) is 7.48. The number of halogens is 3. The average Bonchev–Trinajstić information content (AvgIpc) is 2.43. The Bertz CT molecular complexity index is 781. The van der Waals surface area contributed by atoms with Crippen LogP contribution in [0, 0.1) is 0 Å². The maximum Gasteiger partial charge on any atom is 0.263 e. The maximum atomic E-state index is 12.4. The van der Waals surface area contributed by atoms with Crippen LogP contribution in [0.2, 0.25) is 10.0 Å². The molecule has 0 atom stereocenters. The number of nitrogens with one attached hydrogen (secondary N) is 1. The van der Waals surface area contributed by atoms with Gasteiger partial charge in [-0.3, -0.25) is 4.72 Å². The Morgan fingerprint density at radius 3 is 2.38 bits per heavy atom. The van der Waals surface area contributed by atoms with Crippen LogP contribution in [0.3, 0.4) is 0 Å². The first kappa shape index (κ1) is 16.6. The summed E-state index contributed by atoms with van der Waals surface area (Å²) in [5.74, 6) is 0. The molecule has 0 heterocycles. The smallest absolute Gasteiger partial charge is 0.263 e. The van der Waals surface area contributed by atoms with Gasteiger partial charge in [-0.25, -0.2) is 8.42 Å². The van der Waals surface area contributed by atoms with Crippen LogP contribution in [0.25, 0.3) is 0 Å². The molecule has 0 saturated carbocycles. The number of anilines is 1. The molecule has 0 aliphatic carbocycles. The molecule has 0 unspecified atom stereocenters. The fourth-order valence-corrected chi connectivity index (χ4v) is 3.72. The third-order valence-corrected chi connectivity index (χ3v) is 5.72. The van der Waals surface area contributed by atoms with Gasteiger partial charge in [0.25, 0.3) is 10.0 Å². The maximum absolute atomic E-state index is 12.4. The fourth-order valence-electron chi connectivity index (χ4n) is 1.62. The topological polar surface area (TPSA) is 66.4 Å². The van der Waals surface area contributed by atoms with Crippen molar-refractivity contribution in [3.8, 4) is 0 Å². The Labute approximate surface area is 140 Å². The van der Waals surface area contributed by atoms with Gasteiger partial charge in [-0.2, -0.15) is 0 Å². The molecule has 21 heavy (non-hydrogen) atoms. The third kappa shape index (κ3) is 3.90. The van der Waals surface area contributed by atoms with E-state index < -0.39 is 10.0 Å². The Hall–Kier alpha value is -0.790. The van der Waals surface area contributed by atoms with Gasteiger partial charge in [0.2, 0.25) is 0 Å². The van der Waals surface area contributed by atoms with E-state index in [1.807, 2.05) is 0 Å². The van der Waals surface area contributed by atoms with Crippen molar-refractivity contribution in [3.63, 3.8) is 0 Å². The van der Waals surface area contributed by atoms with E-state index in [2.05, 4.69) is 20.7 Å². The molecule has 2 aromatic carbocycles. The minimum atomic E-state index is -3.86. The van der Waals surface area contributed by atoms with Gasteiger partial charge in [0.1, 0.15) is 4.90 Å². The highest BCUT2D eigenvalue weighted by atomic mass is 79.9. The van der Waals surface area contributed by atoms with Crippen LogP contribution in [0.1, 0.15) is 5.56 Å². The second-order valence-electron chi connectivity index (χ2n) is 4.16. The number of rotatable bonds is 4. The lowest BCUT2D eigenvalue weighted by Crippen LogP contribution is -2.14. The first-order valence-corrected chi connectivity index (χ1v) is 8.74. The molecule has 0 aromatic heterocycles. The van der Waals surface area contributed by atoms with Crippen molar-refractivity contribution in [1.29, 1.82) is 0 Å². The van der Waals surface area contributed by atoms with Crippen molar-refractivity contribution in [2.24, 2.45) is 0 Å². The lowest BCUT2D eigenvalue weighted by Gasteiger charge is -2.11. The van der Waals surface area contributed by atoms with Gasteiger partial charge in [0.15, 0.2) is 0 Å². The van der Waals surface area contributed by atoms with Crippen molar-refractivity contribution in [2.45, 2.75) is 11.5 Å². The number of hydrogen-bond acceptors (Lipinski definition) is 3. The van der Waals surface area contributed by atoms with Crippen molar-refractivity contribution < 1.29 is 13.5 Å². The number of benzene rings is 2. The van der Waals surface area contributed by atoms with E-state index in [1.54, 1.807) is 18.2 Å². The molecule has 2 rings (SSSR count). The van der Waals surface area contributed by atoms with Crippen molar-refractivity contribution >= 4 is 54.8 Å². The summed E-state index contributed by atoms with van der Waals surface area (Å²) >= 11 is 15.0. The van der Waals surface area contributed by atoms with Crippen molar-refractivity contribution in [2.75, 3.05) is 4.72 Å². The van der Waals surface area contributed by atoms with Crippen LogP contribution in [0.4, 0.5) is 5.69 Å². The molecule has 2 aromatic rings. The zero-order chi connectivity index (χ0) is 15.6. The fraction of sp³-hybridized carbons (Fsp3) is 0.0769. The van der Waals surface area contributed by atoms with Gasteiger partial charge in [-0.05, 0) is 51.8 Å². The largest absolute Gasteiger partial charge is 0.392 e. The summed E-state index contributed by atoms with van der Waals surface area (Å²) < 4.78 is 27.7. The number of aliphatic hydroxyl groups excluding tert-OH is 1. The Kier molecular flexibility index (Phi) is 5.16. The standard InChI is InChI=1S/C13H10BrCl2NO3S/c14-10-6-9(2-4-11(10)15)17-21(19,20)13-5-8(7-18)1-3-12(13)16/h1-6,17-18H,7H2. The average molecular weight is 411 g/mol. The second kappa shape index (κ2) is 6.54. The van der Waals surface area contributed by atoms with E-state index >= 15 is 0 Å². The molecule has 2 N–H and O–H groups in total. The molecule has 0 radical (unpaired) electrons. The molecule has 0 saturated heterocycles. The molecule has 0 aliphatic rings. The molecule has 0 spiro atoms. The quantitative estimate of drug-likeness (QED) is 0.798. The van der Waals surface area contributed by atoms with Crippen LogP contribution in [-0.2, 0) is 16.6 Å². The van der Waals surface area contributed by atoms with E-state index in [9.17, 15) is 8.42 Å². The summed E-state index contributed by atoms with van der Waals surface area (Å²) in [6.45, 7) is -0.272. The summed E-state index contributed by atoms with van der Waals surface area (Å²) in [4.78, 5) is -0.0956. The minimum absolute atomic E-state index is 0.0766. The van der Waals surface area contributed by atoms with E-state index in [1.165, 1.54) is 18.2 Å². The number of sulfonamides is 1. The zero-order valence-corrected chi connectivity index (χ0v) is 14.4. The van der Waals surface area contributed by atoms with Crippen molar-refractivity contribution in [1.82, 2.24) is 0 Å². The summed E-state index contributed by atoms with van der Waals surface area (Å²) in [5, 5.41) is 9.64. The van der Waals surface area contributed by atoms with E-state index in [0.717, 1.165) is 0 Å².